The SMILES string of the molecule is C#CC[C@@H](F)C(=O)OC. The van der Waals surface area contributed by atoms with Crippen molar-refractivity contribution in [1.82, 2.24) is 0 Å². The van der Waals surface area contributed by atoms with Crippen molar-refractivity contribution in [3.63, 3.8) is 0 Å². The van der Waals surface area contributed by atoms with Gasteiger partial charge >= 0.3 is 5.97 Å². The summed E-state index contributed by atoms with van der Waals surface area (Å²) in [5.41, 5.74) is 0. The van der Waals surface area contributed by atoms with Crippen molar-refractivity contribution in [3.8, 4) is 12.3 Å². The summed E-state index contributed by atoms with van der Waals surface area (Å²) in [4.78, 5) is 10.2. The van der Waals surface area contributed by atoms with Gasteiger partial charge in [-0.05, 0) is 0 Å². The Labute approximate surface area is 53.0 Å². The highest BCUT2D eigenvalue weighted by Gasteiger charge is 2.14. The third kappa shape index (κ3) is 2.70. The molecule has 50 valence electrons. The average molecular weight is 130 g/mol. The van der Waals surface area contributed by atoms with Gasteiger partial charge in [0.2, 0.25) is 6.17 Å². The Morgan fingerprint density at radius 3 is 2.89 bits per heavy atom. The Bertz CT molecular complexity index is 136. The molecule has 0 aromatic heterocycles. The molecule has 0 radical (unpaired) electrons. The second-order valence-electron chi connectivity index (χ2n) is 1.40. The fourth-order valence-corrected chi connectivity index (χ4v) is 0.315. The molecule has 0 saturated heterocycles. The second-order valence-corrected chi connectivity index (χ2v) is 1.40. The van der Waals surface area contributed by atoms with Crippen LogP contribution in [0.25, 0.3) is 0 Å². The van der Waals surface area contributed by atoms with E-state index >= 15 is 0 Å². The Kier molecular flexibility index (Phi) is 3.45. The molecular formula is C6H7FO2. The topological polar surface area (TPSA) is 26.3 Å². The maximum absolute atomic E-state index is 12.2. The molecule has 0 aromatic rings. The highest BCUT2D eigenvalue weighted by molar-refractivity contribution is 5.74. The van der Waals surface area contributed by atoms with Gasteiger partial charge < -0.3 is 4.74 Å². The summed E-state index contributed by atoms with van der Waals surface area (Å²) >= 11 is 0. The molecule has 2 nitrogen and oxygen atoms in total. The Balaban J connectivity index is 3.62. The lowest BCUT2D eigenvalue weighted by Gasteiger charge is -1.98. The van der Waals surface area contributed by atoms with Crippen LogP contribution in [-0.2, 0) is 9.53 Å². The van der Waals surface area contributed by atoms with Gasteiger partial charge in [-0.1, -0.05) is 0 Å². The summed E-state index contributed by atoms with van der Waals surface area (Å²) in [7, 11) is 1.12. The van der Waals surface area contributed by atoms with Crippen LogP contribution in [-0.4, -0.2) is 19.3 Å². The van der Waals surface area contributed by atoms with Gasteiger partial charge in [-0.2, -0.15) is 0 Å². The van der Waals surface area contributed by atoms with E-state index in [4.69, 9.17) is 6.42 Å². The molecule has 0 fully saturated rings. The fraction of sp³-hybridized carbons (Fsp3) is 0.500. The number of alkyl halides is 1. The van der Waals surface area contributed by atoms with Gasteiger partial charge in [0.15, 0.2) is 0 Å². The molecule has 0 aliphatic heterocycles. The summed E-state index contributed by atoms with van der Waals surface area (Å²) in [5.74, 6) is 1.10. The number of halogens is 1. The third-order valence-corrected chi connectivity index (χ3v) is 0.754. The first-order valence-corrected chi connectivity index (χ1v) is 2.37. The van der Waals surface area contributed by atoms with E-state index in [2.05, 4.69) is 4.74 Å². The minimum atomic E-state index is -1.67. The number of methoxy groups -OCH3 is 1. The summed E-state index contributed by atoms with van der Waals surface area (Å²) in [5, 5.41) is 0. The Morgan fingerprint density at radius 2 is 2.56 bits per heavy atom. The van der Waals surface area contributed by atoms with Crippen LogP contribution in [0.15, 0.2) is 0 Å². The molecule has 3 heteroatoms. The van der Waals surface area contributed by atoms with E-state index in [1.807, 2.05) is 5.92 Å². The van der Waals surface area contributed by atoms with Crippen LogP contribution in [0.5, 0.6) is 0 Å². The minimum absolute atomic E-state index is 0.216. The highest BCUT2D eigenvalue weighted by Crippen LogP contribution is 1.97. The zero-order valence-electron chi connectivity index (χ0n) is 5.06. The van der Waals surface area contributed by atoms with Crippen molar-refractivity contribution in [2.45, 2.75) is 12.6 Å². The number of esters is 1. The maximum Gasteiger partial charge on any atom is 0.341 e. The summed E-state index contributed by atoms with van der Waals surface area (Å²) in [6, 6.07) is 0. The zero-order chi connectivity index (χ0) is 7.28. The molecule has 0 amide bonds. The van der Waals surface area contributed by atoms with Crippen LogP contribution in [0.2, 0.25) is 0 Å². The molecule has 1 atom stereocenters. The van der Waals surface area contributed by atoms with E-state index in [1.165, 1.54) is 0 Å². The van der Waals surface area contributed by atoms with E-state index in [0.29, 0.717) is 0 Å². The second kappa shape index (κ2) is 3.90. The molecule has 0 spiro atoms. The van der Waals surface area contributed by atoms with Gasteiger partial charge in [0.1, 0.15) is 0 Å². The van der Waals surface area contributed by atoms with Crippen LogP contribution in [0.3, 0.4) is 0 Å². The van der Waals surface area contributed by atoms with Crippen molar-refractivity contribution in [3.05, 3.63) is 0 Å². The van der Waals surface area contributed by atoms with Gasteiger partial charge in [-0.25, -0.2) is 9.18 Å². The number of hydrogen-bond donors (Lipinski definition) is 0. The maximum atomic E-state index is 12.2. The van der Waals surface area contributed by atoms with Gasteiger partial charge in [-0.3, -0.25) is 0 Å². The fourth-order valence-electron chi connectivity index (χ4n) is 0.315. The number of terminal acetylenes is 1. The molecule has 0 aliphatic carbocycles. The van der Waals surface area contributed by atoms with Crippen molar-refractivity contribution >= 4 is 5.97 Å². The summed E-state index contributed by atoms with van der Waals surface area (Å²) < 4.78 is 16.2. The van der Waals surface area contributed by atoms with E-state index in [9.17, 15) is 9.18 Å². The van der Waals surface area contributed by atoms with Gasteiger partial charge in [0.25, 0.3) is 0 Å². The molecule has 0 unspecified atom stereocenters. The van der Waals surface area contributed by atoms with Crippen LogP contribution in [0.4, 0.5) is 4.39 Å². The normalized spacial score (nSPS) is 11.7. The number of ether oxygens (including phenoxy) is 1. The van der Waals surface area contributed by atoms with Crippen LogP contribution in [0.1, 0.15) is 6.42 Å². The molecule has 0 aromatic carbocycles. The van der Waals surface area contributed by atoms with Crippen LogP contribution in [0, 0.1) is 12.3 Å². The van der Waals surface area contributed by atoms with Gasteiger partial charge in [0, 0.05) is 0 Å². The minimum Gasteiger partial charge on any atom is -0.467 e. The van der Waals surface area contributed by atoms with E-state index in [1.54, 1.807) is 0 Å². The molecule has 9 heavy (non-hydrogen) atoms. The van der Waals surface area contributed by atoms with Crippen molar-refractivity contribution < 1.29 is 13.9 Å². The first-order valence-electron chi connectivity index (χ1n) is 2.37. The lowest BCUT2D eigenvalue weighted by molar-refractivity contribution is -0.146. The van der Waals surface area contributed by atoms with E-state index in [0.717, 1.165) is 7.11 Å². The van der Waals surface area contributed by atoms with Crippen molar-refractivity contribution in [2.75, 3.05) is 7.11 Å². The smallest absolute Gasteiger partial charge is 0.341 e. The van der Waals surface area contributed by atoms with Crippen LogP contribution < -0.4 is 0 Å². The number of hydrogen-bond acceptors (Lipinski definition) is 2. The van der Waals surface area contributed by atoms with Crippen LogP contribution >= 0.6 is 0 Å². The number of rotatable bonds is 2. The van der Waals surface area contributed by atoms with Crippen molar-refractivity contribution in [2.24, 2.45) is 0 Å². The summed E-state index contributed by atoms with van der Waals surface area (Å²) in [6.07, 6.45) is 2.84. The molecule has 0 bridgehead atoms. The first kappa shape index (κ1) is 7.96. The zero-order valence-corrected chi connectivity index (χ0v) is 5.06. The van der Waals surface area contributed by atoms with E-state index < -0.39 is 12.1 Å². The number of carbonyl (C=O) groups excluding carboxylic acids is 1. The largest absolute Gasteiger partial charge is 0.467 e. The van der Waals surface area contributed by atoms with Gasteiger partial charge in [-0.15, -0.1) is 12.3 Å². The lowest BCUT2D eigenvalue weighted by Crippen LogP contribution is -2.15. The first-order chi connectivity index (χ1) is 4.22. The Hall–Kier alpha value is -1.04. The predicted octanol–water partition coefficient (Wildman–Crippen LogP) is 0.521. The molecule has 0 saturated carbocycles. The molecule has 0 heterocycles. The monoisotopic (exact) mass is 130 g/mol. The lowest BCUT2D eigenvalue weighted by atomic mass is 10.3. The summed E-state index contributed by atoms with van der Waals surface area (Å²) in [6.45, 7) is 0. The standard InChI is InChI=1S/C6H7FO2/c1-3-4-5(7)6(8)9-2/h1,5H,4H2,2H3/t5-/m1/s1. The quantitative estimate of drug-likeness (QED) is 0.402. The average Bonchev–Trinajstić information content (AvgIpc) is 1.87. The molecular weight excluding hydrogens is 123 g/mol. The highest BCUT2D eigenvalue weighted by atomic mass is 19.1. The Morgan fingerprint density at radius 1 is 2.00 bits per heavy atom. The molecule has 0 N–H and O–H groups in total. The molecule has 0 rings (SSSR count). The van der Waals surface area contributed by atoms with Crippen molar-refractivity contribution in [1.29, 1.82) is 0 Å². The van der Waals surface area contributed by atoms with E-state index in [-0.39, 0.29) is 6.42 Å². The predicted molar refractivity (Wildman–Crippen MR) is 30.4 cm³/mol. The third-order valence-electron chi connectivity index (χ3n) is 0.754. The van der Waals surface area contributed by atoms with Gasteiger partial charge in [0.05, 0.1) is 13.5 Å². The molecule has 0 aliphatic rings. The number of carbonyl (C=O) groups is 1.